The number of rotatable bonds is 3. The molecule has 1 aromatic carbocycles. The maximum atomic E-state index is 11.9. The Labute approximate surface area is 115 Å². The summed E-state index contributed by atoms with van der Waals surface area (Å²) in [5.41, 5.74) is 6.61. The summed E-state index contributed by atoms with van der Waals surface area (Å²) in [6.45, 7) is 1.94. The van der Waals surface area contributed by atoms with Gasteiger partial charge >= 0.3 is 5.97 Å². The van der Waals surface area contributed by atoms with Crippen LogP contribution >= 0.6 is 15.9 Å². The summed E-state index contributed by atoms with van der Waals surface area (Å²) >= 11 is 3.31. The second kappa shape index (κ2) is 6.20. The molecule has 0 aromatic heterocycles. The Morgan fingerprint density at radius 1 is 1.44 bits per heavy atom. The lowest BCUT2D eigenvalue weighted by molar-refractivity contribution is 0.0186. The second-order valence-corrected chi connectivity index (χ2v) is 5.30. The second-order valence-electron chi connectivity index (χ2n) is 4.39. The first-order chi connectivity index (χ1) is 8.66. The SMILES string of the molecule is Nc1ccc(Br)cc1C(=O)OCC1CCOCC1. The third kappa shape index (κ3) is 3.46. The maximum absolute atomic E-state index is 11.9. The Balaban J connectivity index is 1.92. The van der Waals surface area contributed by atoms with Crippen LogP contribution in [0.25, 0.3) is 0 Å². The van der Waals surface area contributed by atoms with Crippen LogP contribution in [0.2, 0.25) is 0 Å². The van der Waals surface area contributed by atoms with Crippen LogP contribution < -0.4 is 5.73 Å². The zero-order valence-corrected chi connectivity index (χ0v) is 11.6. The summed E-state index contributed by atoms with van der Waals surface area (Å²) in [5, 5.41) is 0. The monoisotopic (exact) mass is 313 g/mol. The van der Waals surface area contributed by atoms with E-state index in [4.69, 9.17) is 15.2 Å². The fourth-order valence-corrected chi connectivity index (χ4v) is 2.25. The van der Waals surface area contributed by atoms with Crippen molar-refractivity contribution in [2.24, 2.45) is 5.92 Å². The summed E-state index contributed by atoms with van der Waals surface area (Å²) < 4.78 is 11.4. The molecule has 0 radical (unpaired) electrons. The van der Waals surface area contributed by atoms with Crippen LogP contribution in [-0.4, -0.2) is 25.8 Å². The summed E-state index contributed by atoms with van der Waals surface area (Å²) in [4.78, 5) is 11.9. The maximum Gasteiger partial charge on any atom is 0.340 e. The molecule has 18 heavy (non-hydrogen) atoms. The van der Waals surface area contributed by atoms with E-state index in [0.29, 0.717) is 23.8 Å². The van der Waals surface area contributed by atoms with E-state index in [1.54, 1.807) is 18.2 Å². The molecule has 1 aliphatic rings. The lowest BCUT2D eigenvalue weighted by Gasteiger charge is -2.21. The van der Waals surface area contributed by atoms with Gasteiger partial charge in [-0.3, -0.25) is 0 Å². The van der Waals surface area contributed by atoms with Crippen molar-refractivity contribution in [3.8, 4) is 0 Å². The van der Waals surface area contributed by atoms with Gasteiger partial charge in [0.1, 0.15) is 0 Å². The Bertz CT molecular complexity index is 430. The smallest absolute Gasteiger partial charge is 0.340 e. The minimum Gasteiger partial charge on any atom is -0.462 e. The lowest BCUT2D eigenvalue weighted by Crippen LogP contribution is -2.22. The molecule has 0 amide bonds. The summed E-state index contributed by atoms with van der Waals surface area (Å²) in [6, 6.07) is 5.17. The molecule has 0 spiro atoms. The van der Waals surface area contributed by atoms with Gasteiger partial charge in [-0.2, -0.15) is 0 Å². The van der Waals surface area contributed by atoms with Crippen LogP contribution in [0.1, 0.15) is 23.2 Å². The van der Waals surface area contributed by atoms with Crippen molar-refractivity contribution in [1.29, 1.82) is 0 Å². The van der Waals surface area contributed by atoms with Gasteiger partial charge in [-0.05, 0) is 37.0 Å². The van der Waals surface area contributed by atoms with Crippen molar-refractivity contribution in [2.75, 3.05) is 25.6 Å². The number of anilines is 1. The minimum atomic E-state index is -0.361. The van der Waals surface area contributed by atoms with Crippen molar-refractivity contribution >= 4 is 27.6 Å². The third-order valence-corrected chi connectivity index (χ3v) is 3.52. The molecular weight excluding hydrogens is 298 g/mol. The molecule has 1 heterocycles. The normalized spacial score (nSPS) is 16.5. The van der Waals surface area contributed by atoms with Gasteiger partial charge in [0.2, 0.25) is 0 Å². The first-order valence-electron chi connectivity index (χ1n) is 5.96. The fourth-order valence-electron chi connectivity index (χ4n) is 1.89. The number of carbonyl (C=O) groups excluding carboxylic acids is 1. The highest BCUT2D eigenvalue weighted by Crippen LogP contribution is 2.20. The molecular formula is C13H16BrNO3. The number of nitrogens with two attached hydrogens (primary N) is 1. The van der Waals surface area contributed by atoms with Gasteiger partial charge < -0.3 is 15.2 Å². The summed E-state index contributed by atoms with van der Waals surface area (Å²) in [7, 11) is 0. The Kier molecular flexibility index (Phi) is 4.60. The summed E-state index contributed by atoms with van der Waals surface area (Å²) in [6.07, 6.45) is 1.89. The quantitative estimate of drug-likeness (QED) is 0.688. The largest absolute Gasteiger partial charge is 0.462 e. The van der Waals surface area contributed by atoms with E-state index in [1.807, 2.05) is 0 Å². The number of ether oxygens (including phenoxy) is 2. The van der Waals surface area contributed by atoms with Crippen LogP contribution in [0.15, 0.2) is 22.7 Å². The van der Waals surface area contributed by atoms with E-state index in [-0.39, 0.29) is 5.97 Å². The molecule has 98 valence electrons. The molecule has 2 rings (SSSR count). The van der Waals surface area contributed by atoms with E-state index in [0.717, 1.165) is 30.5 Å². The van der Waals surface area contributed by atoms with Gasteiger partial charge in [-0.25, -0.2) is 4.79 Å². The van der Waals surface area contributed by atoms with Gasteiger partial charge in [-0.15, -0.1) is 0 Å². The fraction of sp³-hybridized carbons (Fsp3) is 0.462. The average molecular weight is 314 g/mol. The molecule has 1 saturated heterocycles. The minimum absolute atomic E-state index is 0.361. The molecule has 1 fully saturated rings. The van der Waals surface area contributed by atoms with E-state index >= 15 is 0 Å². The number of esters is 1. The van der Waals surface area contributed by atoms with E-state index in [2.05, 4.69) is 15.9 Å². The van der Waals surface area contributed by atoms with Crippen molar-refractivity contribution in [3.05, 3.63) is 28.2 Å². The third-order valence-electron chi connectivity index (χ3n) is 3.03. The molecule has 0 unspecified atom stereocenters. The number of halogens is 1. The number of hydrogen-bond donors (Lipinski definition) is 1. The molecule has 0 bridgehead atoms. The predicted molar refractivity (Wildman–Crippen MR) is 72.4 cm³/mol. The van der Waals surface area contributed by atoms with Gasteiger partial charge in [0, 0.05) is 23.4 Å². The number of hydrogen-bond acceptors (Lipinski definition) is 4. The predicted octanol–water partition coefficient (Wildman–Crippen LogP) is 2.61. The molecule has 1 aliphatic heterocycles. The molecule has 0 atom stereocenters. The van der Waals surface area contributed by atoms with Gasteiger partial charge in [0.25, 0.3) is 0 Å². The van der Waals surface area contributed by atoms with Crippen LogP contribution in [0.4, 0.5) is 5.69 Å². The van der Waals surface area contributed by atoms with Crippen LogP contribution in [0, 0.1) is 5.92 Å². The Hall–Kier alpha value is -1.07. The van der Waals surface area contributed by atoms with E-state index in [1.165, 1.54) is 0 Å². The van der Waals surface area contributed by atoms with Gasteiger partial charge in [0.15, 0.2) is 0 Å². The Morgan fingerprint density at radius 2 is 2.17 bits per heavy atom. The molecule has 5 heteroatoms. The number of benzene rings is 1. The van der Waals surface area contributed by atoms with E-state index < -0.39 is 0 Å². The first-order valence-corrected chi connectivity index (χ1v) is 6.76. The highest BCUT2D eigenvalue weighted by atomic mass is 79.9. The Morgan fingerprint density at radius 3 is 2.89 bits per heavy atom. The average Bonchev–Trinajstić information content (AvgIpc) is 2.40. The number of nitrogen functional groups attached to an aromatic ring is 1. The summed E-state index contributed by atoms with van der Waals surface area (Å²) in [5.74, 6) is 0.0383. The van der Waals surface area contributed by atoms with Crippen molar-refractivity contribution in [1.82, 2.24) is 0 Å². The van der Waals surface area contributed by atoms with Crippen molar-refractivity contribution in [2.45, 2.75) is 12.8 Å². The van der Waals surface area contributed by atoms with Gasteiger partial charge in [0.05, 0.1) is 12.2 Å². The molecule has 0 aliphatic carbocycles. The highest BCUT2D eigenvalue weighted by Gasteiger charge is 2.17. The highest BCUT2D eigenvalue weighted by molar-refractivity contribution is 9.10. The van der Waals surface area contributed by atoms with Crippen molar-refractivity contribution < 1.29 is 14.3 Å². The number of carbonyl (C=O) groups is 1. The molecule has 4 nitrogen and oxygen atoms in total. The van der Waals surface area contributed by atoms with Crippen molar-refractivity contribution in [3.63, 3.8) is 0 Å². The first kappa shape index (κ1) is 13.4. The zero-order valence-electron chi connectivity index (χ0n) is 10.0. The van der Waals surface area contributed by atoms with Gasteiger partial charge in [-0.1, -0.05) is 15.9 Å². The standard InChI is InChI=1S/C13H16BrNO3/c14-10-1-2-12(15)11(7-10)13(16)18-8-9-3-5-17-6-4-9/h1-2,7,9H,3-6,8,15H2. The molecule has 1 aromatic rings. The van der Waals surface area contributed by atoms with Crippen LogP contribution in [-0.2, 0) is 9.47 Å². The molecule has 2 N–H and O–H groups in total. The topological polar surface area (TPSA) is 61.6 Å². The van der Waals surface area contributed by atoms with Crippen LogP contribution in [0.3, 0.4) is 0 Å². The molecule has 0 saturated carbocycles. The lowest BCUT2D eigenvalue weighted by atomic mass is 10.0. The zero-order chi connectivity index (χ0) is 13.0. The van der Waals surface area contributed by atoms with Crippen LogP contribution in [0.5, 0.6) is 0 Å². The van der Waals surface area contributed by atoms with E-state index in [9.17, 15) is 4.79 Å².